The van der Waals surface area contributed by atoms with Crippen LogP contribution in [-0.2, 0) is 24.8 Å². The molecule has 0 aliphatic carbocycles. The zero-order valence-electron chi connectivity index (χ0n) is 16.6. The Labute approximate surface area is 156 Å². The summed E-state index contributed by atoms with van der Waals surface area (Å²) >= 11 is 0. The van der Waals surface area contributed by atoms with E-state index in [-0.39, 0.29) is 11.8 Å². The number of aromatic nitrogens is 1. The van der Waals surface area contributed by atoms with Crippen molar-refractivity contribution in [3.05, 3.63) is 57.9 Å². The minimum atomic E-state index is 0.00532. The Bertz CT molecular complexity index is 819. The molecule has 140 valence electrons. The summed E-state index contributed by atoms with van der Waals surface area (Å²) in [4.78, 5) is 26.2. The average molecular weight is 355 g/mol. The van der Waals surface area contributed by atoms with Crippen LogP contribution in [0, 0.1) is 20.8 Å². The van der Waals surface area contributed by atoms with Gasteiger partial charge in [-0.05, 0) is 38.3 Å². The van der Waals surface area contributed by atoms with Crippen molar-refractivity contribution >= 4 is 11.8 Å². The van der Waals surface area contributed by atoms with E-state index < -0.39 is 0 Å². The maximum absolute atomic E-state index is 12.4. The average Bonchev–Trinajstić information content (AvgIpc) is 2.80. The number of benzene rings is 1. The molecule has 1 aromatic carbocycles. The molecular formula is C21H29N3O2. The number of amides is 2. The molecule has 0 spiro atoms. The van der Waals surface area contributed by atoms with Crippen LogP contribution in [-0.4, -0.2) is 35.4 Å². The van der Waals surface area contributed by atoms with Crippen LogP contribution in [0.1, 0.15) is 44.9 Å². The van der Waals surface area contributed by atoms with Gasteiger partial charge in [-0.1, -0.05) is 29.8 Å². The Morgan fingerprint density at radius 1 is 1.15 bits per heavy atom. The second-order valence-corrected chi connectivity index (χ2v) is 7.06. The van der Waals surface area contributed by atoms with E-state index >= 15 is 0 Å². The Hall–Kier alpha value is -2.56. The van der Waals surface area contributed by atoms with Crippen LogP contribution in [0.15, 0.2) is 24.3 Å². The van der Waals surface area contributed by atoms with Gasteiger partial charge >= 0.3 is 0 Å². The SMILES string of the molecule is Cc1cccc(CNC(=O)CCc2c(C)c(C(=O)N(C)C)c(C)n2C)c1. The topological polar surface area (TPSA) is 54.3 Å². The van der Waals surface area contributed by atoms with Crippen molar-refractivity contribution in [2.75, 3.05) is 14.1 Å². The van der Waals surface area contributed by atoms with Crippen molar-refractivity contribution in [3.8, 4) is 0 Å². The van der Waals surface area contributed by atoms with Crippen LogP contribution < -0.4 is 5.32 Å². The quantitative estimate of drug-likeness (QED) is 0.866. The van der Waals surface area contributed by atoms with E-state index in [1.54, 1.807) is 19.0 Å². The first-order valence-corrected chi connectivity index (χ1v) is 8.91. The molecule has 1 heterocycles. The van der Waals surface area contributed by atoms with Crippen LogP contribution in [0.25, 0.3) is 0 Å². The van der Waals surface area contributed by atoms with Gasteiger partial charge < -0.3 is 14.8 Å². The lowest BCUT2D eigenvalue weighted by atomic mass is 10.1. The van der Waals surface area contributed by atoms with E-state index in [0.29, 0.717) is 19.4 Å². The standard InChI is InChI=1S/C21H29N3O2/c1-14-8-7-9-17(12-14)13-22-19(25)11-10-18-15(2)20(16(3)24(18)6)21(26)23(4)5/h7-9,12H,10-11,13H2,1-6H3,(H,22,25). The maximum atomic E-state index is 12.4. The highest BCUT2D eigenvalue weighted by molar-refractivity contribution is 5.97. The number of carbonyl (C=O) groups is 2. The van der Waals surface area contributed by atoms with Crippen LogP contribution in [0.2, 0.25) is 0 Å². The lowest BCUT2D eigenvalue weighted by molar-refractivity contribution is -0.121. The second kappa shape index (κ2) is 8.21. The summed E-state index contributed by atoms with van der Waals surface area (Å²) < 4.78 is 2.03. The molecule has 5 nitrogen and oxygen atoms in total. The van der Waals surface area contributed by atoms with Crippen molar-refractivity contribution in [1.82, 2.24) is 14.8 Å². The zero-order chi connectivity index (χ0) is 19.4. The second-order valence-electron chi connectivity index (χ2n) is 7.06. The van der Waals surface area contributed by atoms with Crippen molar-refractivity contribution in [1.29, 1.82) is 0 Å². The predicted molar refractivity (Wildman–Crippen MR) is 104 cm³/mol. The van der Waals surface area contributed by atoms with Gasteiger partial charge in [0.25, 0.3) is 5.91 Å². The normalized spacial score (nSPS) is 10.7. The highest BCUT2D eigenvalue weighted by Crippen LogP contribution is 2.23. The van der Waals surface area contributed by atoms with Gasteiger partial charge in [0.1, 0.15) is 0 Å². The van der Waals surface area contributed by atoms with Crippen molar-refractivity contribution in [2.24, 2.45) is 7.05 Å². The summed E-state index contributed by atoms with van der Waals surface area (Å²) in [5, 5.41) is 2.97. The summed E-state index contributed by atoms with van der Waals surface area (Å²) in [6.07, 6.45) is 1.02. The fraction of sp³-hybridized carbons (Fsp3) is 0.429. The maximum Gasteiger partial charge on any atom is 0.255 e. The van der Waals surface area contributed by atoms with Crippen LogP contribution in [0.4, 0.5) is 0 Å². The van der Waals surface area contributed by atoms with Gasteiger partial charge in [-0.3, -0.25) is 9.59 Å². The molecule has 0 radical (unpaired) electrons. The van der Waals surface area contributed by atoms with Crippen molar-refractivity contribution in [2.45, 2.75) is 40.2 Å². The Kier molecular flexibility index (Phi) is 6.24. The first-order valence-electron chi connectivity index (χ1n) is 8.91. The highest BCUT2D eigenvalue weighted by Gasteiger charge is 2.22. The van der Waals surface area contributed by atoms with Gasteiger partial charge in [0, 0.05) is 45.5 Å². The summed E-state index contributed by atoms with van der Waals surface area (Å²) in [6.45, 7) is 6.49. The molecule has 2 amide bonds. The first kappa shape index (κ1) is 19.8. The molecule has 0 aliphatic rings. The van der Waals surface area contributed by atoms with E-state index in [1.807, 2.05) is 50.6 Å². The molecule has 2 aromatic rings. The molecular weight excluding hydrogens is 326 g/mol. The molecule has 1 N–H and O–H groups in total. The van der Waals surface area contributed by atoms with E-state index in [9.17, 15) is 9.59 Å². The Morgan fingerprint density at radius 3 is 2.46 bits per heavy atom. The fourth-order valence-electron chi connectivity index (χ4n) is 3.27. The monoisotopic (exact) mass is 355 g/mol. The minimum Gasteiger partial charge on any atom is -0.352 e. The lowest BCUT2D eigenvalue weighted by Crippen LogP contribution is -2.23. The fourth-order valence-corrected chi connectivity index (χ4v) is 3.27. The van der Waals surface area contributed by atoms with Gasteiger partial charge in [-0.25, -0.2) is 0 Å². The van der Waals surface area contributed by atoms with Gasteiger partial charge in [0.2, 0.25) is 5.91 Å². The molecule has 0 bridgehead atoms. The van der Waals surface area contributed by atoms with Crippen LogP contribution in [0.5, 0.6) is 0 Å². The predicted octanol–water partition coefficient (Wildman–Crippen LogP) is 2.90. The molecule has 0 saturated carbocycles. The first-order chi connectivity index (χ1) is 12.2. The summed E-state index contributed by atoms with van der Waals surface area (Å²) in [5.74, 6) is 0.0241. The zero-order valence-corrected chi connectivity index (χ0v) is 16.6. The number of rotatable bonds is 6. The molecule has 0 unspecified atom stereocenters. The molecule has 0 saturated heterocycles. The number of carbonyl (C=O) groups excluding carboxylic acids is 2. The summed E-state index contributed by atoms with van der Waals surface area (Å²) in [5.41, 5.74) is 5.98. The molecule has 26 heavy (non-hydrogen) atoms. The van der Waals surface area contributed by atoms with E-state index in [2.05, 4.69) is 11.4 Å². The van der Waals surface area contributed by atoms with Gasteiger partial charge in [0.05, 0.1) is 5.56 Å². The Balaban J connectivity index is 2.02. The smallest absolute Gasteiger partial charge is 0.255 e. The number of nitrogens with one attached hydrogen (secondary N) is 1. The van der Waals surface area contributed by atoms with E-state index in [4.69, 9.17) is 0 Å². The highest BCUT2D eigenvalue weighted by atomic mass is 16.2. The lowest BCUT2D eigenvalue weighted by Gasteiger charge is -2.11. The molecule has 5 heteroatoms. The van der Waals surface area contributed by atoms with Gasteiger partial charge in [-0.15, -0.1) is 0 Å². The van der Waals surface area contributed by atoms with Crippen LogP contribution in [0.3, 0.4) is 0 Å². The summed E-state index contributed by atoms with van der Waals surface area (Å²) in [7, 11) is 5.47. The Morgan fingerprint density at radius 2 is 1.85 bits per heavy atom. The number of hydrogen-bond donors (Lipinski definition) is 1. The molecule has 0 atom stereocenters. The molecule has 0 fully saturated rings. The third kappa shape index (κ3) is 4.34. The molecule has 2 rings (SSSR count). The number of aryl methyl sites for hydroxylation is 1. The van der Waals surface area contributed by atoms with E-state index in [1.165, 1.54) is 5.56 Å². The molecule has 0 aliphatic heterocycles. The van der Waals surface area contributed by atoms with Crippen molar-refractivity contribution in [3.63, 3.8) is 0 Å². The van der Waals surface area contributed by atoms with Gasteiger partial charge in [0.15, 0.2) is 0 Å². The van der Waals surface area contributed by atoms with Gasteiger partial charge in [-0.2, -0.15) is 0 Å². The number of nitrogens with zero attached hydrogens (tertiary/aromatic N) is 2. The van der Waals surface area contributed by atoms with Crippen LogP contribution >= 0.6 is 0 Å². The third-order valence-electron chi connectivity index (χ3n) is 4.86. The van der Waals surface area contributed by atoms with Crippen molar-refractivity contribution < 1.29 is 9.59 Å². The third-order valence-corrected chi connectivity index (χ3v) is 4.86. The number of hydrogen-bond acceptors (Lipinski definition) is 2. The summed E-state index contributed by atoms with van der Waals surface area (Å²) in [6, 6.07) is 8.12. The largest absolute Gasteiger partial charge is 0.352 e. The minimum absolute atomic E-state index is 0.00532. The molecule has 1 aromatic heterocycles. The van der Waals surface area contributed by atoms with E-state index in [0.717, 1.165) is 28.1 Å².